The van der Waals surface area contributed by atoms with Gasteiger partial charge in [-0.15, -0.1) is 0 Å². The molecule has 1 amide bonds. The van der Waals surface area contributed by atoms with Crippen LogP contribution in [0, 0.1) is 0 Å². The van der Waals surface area contributed by atoms with Crippen molar-refractivity contribution in [3.8, 4) is 22.6 Å². The summed E-state index contributed by atoms with van der Waals surface area (Å²) in [6.45, 7) is 3.54. The number of methoxy groups -OCH3 is 2. The van der Waals surface area contributed by atoms with E-state index in [-0.39, 0.29) is 6.04 Å². The predicted octanol–water partition coefficient (Wildman–Crippen LogP) is 4.69. The number of rotatable bonds is 6. The highest BCUT2D eigenvalue weighted by Crippen LogP contribution is 2.38. The Labute approximate surface area is 163 Å². The van der Waals surface area contributed by atoms with Gasteiger partial charge in [0.15, 0.2) is 5.83 Å². The van der Waals surface area contributed by atoms with Crippen LogP contribution in [-0.4, -0.2) is 31.2 Å². The van der Waals surface area contributed by atoms with Crippen LogP contribution in [0.4, 0.5) is 4.39 Å². The third kappa shape index (κ3) is 4.01. The van der Waals surface area contributed by atoms with E-state index in [9.17, 15) is 9.18 Å². The molecule has 146 valence electrons. The Morgan fingerprint density at radius 3 is 2.54 bits per heavy atom. The maximum atomic E-state index is 14.3. The van der Waals surface area contributed by atoms with Crippen LogP contribution >= 0.6 is 0 Å². The molecule has 0 saturated heterocycles. The molecule has 0 atom stereocenters. The van der Waals surface area contributed by atoms with Gasteiger partial charge in [-0.3, -0.25) is 4.79 Å². The fraction of sp³-hybridized carbons (Fsp3) is 0.227. The van der Waals surface area contributed by atoms with Gasteiger partial charge in [0.05, 0.1) is 14.2 Å². The smallest absolute Gasteiger partial charge is 0.280 e. The van der Waals surface area contributed by atoms with Gasteiger partial charge in [-0.2, -0.15) is 0 Å². The Balaban J connectivity index is 2.06. The van der Waals surface area contributed by atoms with Crippen LogP contribution in [0.5, 0.6) is 11.5 Å². The predicted molar refractivity (Wildman–Crippen MR) is 109 cm³/mol. The number of amides is 1. The van der Waals surface area contributed by atoms with Gasteiger partial charge in [-0.25, -0.2) is 4.39 Å². The molecule has 0 bridgehead atoms. The zero-order valence-corrected chi connectivity index (χ0v) is 16.3. The summed E-state index contributed by atoms with van der Waals surface area (Å²) in [5.74, 6) is -0.662. The number of fused-ring (bicyclic) bond motifs is 1. The van der Waals surface area contributed by atoms with E-state index in [0.29, 0.717) is 17.1 Å². The highest BCUT2D eigenvalue weighted by Gasteiger charge is 2.16. The molecule has 0 radical (unpaired) electrons. The van der Waals surface area contributed by atoms with Gasteiger partial charge in [-0.05, 0) is 61.2 Å². The first-order chi connectivity index (χ1) is 13.4. The Morgan fingerprint density at radius 2 is 1.86 bits per heavy atom. The molecule has 2 aromatic carbocycles. The topological polar surface area (TPSA) is 63.4 Å². The first kappa shape index (κ1) is 19.5. The van der Waals surface area contributed by atoms with E-state index in [4.69, 9.17) is 9.47 Å². The minimum absolute atomic E-state index is 0.159. The van der Waals surface area contributed by atoms with Crippen LogP contribution < -0.4 is 14.8 Å². The monoisotopic (exact) mass is 382 g/mol. The van der Waals surface area contributed by atoms with Crippen molar-refractivity contribution in [1.29, 1.82) is 0 Å². The molecule has 0 spiro atoms. The van der Waals surface area contributed by atoms with E-state index >= 15 is 0 Å². The lowest BCUT2D eigenvalue weighted by Gasteiger charge is -2.14. The van der Waals surface area contributed by atoms with Crippen molar-refractivity contribution in [2.24, 2.45) is 0 Å². The molecular weight excluding hydrogens is 359 g/mol. The fourth-order valence-electron chi connectivity index (χ4n) is 3.01. The summed E-state index contributed by atoms with van der Waals surface area (Å²) in [4.78, 5) is 15.0. The lowest BCUT2D eigenvalue weighted by atomic mass is 10.00. The van der Waals surface area contributed by atoms with Crippen LogP contribution in [0.3, 0.4) is 0 Å². The first-order valence-corrected chi connectivity index (χ1v) is 8.94. The Kier molecular flexibility index (Phi) is 5.68. The van der Waals surface area contributed by atoms with Gasteiger partial charge in [0.1, 0.15) is 11.5 Å². The highest BCUT2D eigenvalue weighted by molar-refractivity contribution is 5.96. The molecule has 0 aliphatic rings. The van der Waals surface area contributed by atoms with Crippen molar-refractivity contribution < 1.29 is 18.7 Å². The maximum Gasteiger partial charge on any atom is 0.280 e. The average molecular weight is 382 g/mol. The van der Waals surface area contributed by atoms with Crippen molar-refractivity contribution in [3.63, 3.8) is 0 Å². The summed E-state index contributed by atoms with van der Waals surface area (Å²) in [5.41, 5.74) is 3.21. The van der Waals surface area contributed by atoms with Crippen LogP contribution in [0.2, 0.25) is 0 Å². The first-order valence-electron chi connectivity index (χ1n) is 8.94. The third-order valence-corrected chi connectivity index (χ3v) is 4.34. The molecule has 28 heavy (non-hydrogen) atoms. The molecule has 0 fully saturated rings. The van der Waals surface area contributed by atoms with E-state index in [2.05, 4.69) is 10.3 Å². The quantitative estimate of drug-likeness (QED) is 0.608. The standard InChI is InChI=1S/C22H23FN2O3/c1-13(2)25-22(26)18(23)10-16-11-21(28-4)17(12-20(16)27-3)14-5-6-19-15(9-14)7-8-24-19/h5-13,24H,1-4H3,(H,25,26). The van der Waals surface area contributed by atoms with Crippen molar-refractivity contribution in [1.82, 2.24) is 10.3 Å². The van der Waals surface area contributed by atoms with Gasteiger partial charge >= 0.3 is 0 Å². The van der Waals surface area contributed by atoms with E-state index in [1.807, 2.05) is 30.5 Å². The van der Waals surface area contributed by atoms with Crippen LogP contribution in [0.15, 0.2) is 48.4 Å². The van der Waals surface area contributed by atoms with Crippen molar-refractivity contribution in [2.45, 2.75) is 19.9 Å². The molecule has 6 heteroatoms. The SMILES string of the molecule is COc1cc(-c2ccc3[nH]ccc3c2)c(OC)cc1C=C(F)C(=O)NC(C)C. The molecule has 1 aromatic heterocycles. The van der Waals surface area contributed by atoms with Crippen LogP contribution in [-0.2, 0) is 4.79 Å². The molecule has 0 saturated carbocycles. The largest absolute Gasteiger partial charge is 0.496 e. The van der Waals surface area contributed by atoms with Crippen molar-refractivity contribution in [2.75, 3.05) is 14.2 Å². The van der Waals surface area contributed by atoms with Gasteiger partial charge in [0.2, 0.25) is 0 Å². The van der Waals surface area contributed by atoms with Crippen molar-refractivity contribution >= 4 is 22.9 Å². The van der Waals surface area contributed by atoms with Gasteiger partial charge in [0.25, 0.3) is 5.91 Å². The Hall–Kier alpha value is -3.28. The number of carbonyl (C=O) groups is 1. The number of carbonyl (C=O) groups excluding carboxylic acids is 1. The number of aromatic amines is 1. The summed E-state index contributed by atoms with van der Waals surface area (Å²) >= 11 is 0. The van der Waals surface area contributed by atoms with E-state index in [1.54, 1.807) is 33.1 Å². The Morgan fingerprint density at radius 1 is 1.11 bits per heavy atom. The summed E-state index contributed by atoms with van der Waals surface area (Å²) in [7, 11) is 3.06. The third-order valence-electron chi connectivity index (χ3n) is 4.34. The van der Waals surface area contributed by atoms with Crippen LogP contribution in [0.1, 0.15) is 19.4 Å². The summed E-state index contributed by atoms with van der Waals surface area (Å²) < 4.78 is 25.3. The van der Waals surface area contributed by atoms with Crippen LogP contribution in [0.25, 0.3) is 28.1 Å². The molecule has 0 unspecified atom stereocenters. The maximum absolute atomic E-state index is 14.3. The molecule has 0 aliphatic heterocycles. The normalized spacial score (nSPS) is 11.7. The molecule has 0 aliphatic carbocycles. The highest BCUT2D eigenvalue weighted by atomic mass is 19.1. The number of ether oxygens (including phenoxy) is 2. The molecule has 1 heterocycles. The zero-order valence-electron chi connectivity index (χ0n) is 16.3. The zero-order chi connectivity index (χ0) is 20.3. The van der Waals surface area contributed by atoms with Crippen molar-refractivity contribution in [3.05, 3.63) is 54.0 Å². The van der Waals surface area contributed by atoms with Gasteiger partial charge in [-0.1, -0.05) is 6.07 Å². The minimum atomic E-state index is -0.893. The minimum Gasteiger partial charge on any atom is -0.496 e. The summed E-state index contributed by atoms with van der Waals surface area (Å²) in [6.07, 6.45) is 3.03. The number of nitrogens with one attached hydrogen (secondary N) is 2. The number of halogens is 1. The van der Waals surface area contributed by atoms with E-state index in [0.717, 1.165) is 28.1 Å². The second kappa shape index (κ2) is 8.17. The molecular formula is C22H23FN2O3. The number of hydrogen-bond donors (Lipinski definition) is 2. The summed E-state index contributed by atoms with van der Waals surface area (Å²) in [6, 6.07) is 11.3. The number of benzene rings is 2. The average Bonchev–Trinajstić information content (AvgIpc) is 3.14. The van der Waals surface area contributed by atoms with E-state index in [1.165, 1.54) is 7.11 Å². The number of H-pyrrole nitrogens is 1. The molecule has 5 nitrogen and oxygen atoms in total. The molecule has 2 N–H and O–H groups in total. The second-order valence-electron chi connectivity index (χ2n) is 6.69. The molecule has 3 rings (SSSR count). The van der Waals surface area contributed by atoms with Gasteiger partial charge < -0.3 is 19.8 Å². The van der Waals surface area contributed by atoms with Gasteiger partial charge in [0, 0.05) is 28.9 Å². The number of aromatic nitrogens is 1. The summed E-state index contributed by atoms with van der Waals surface area (Å²) in [5, 5.41) is 3.59. The fourth-order valence-corrected chi connectivity index (χ4v) is 3.01. The molecule has 3 aromatic rings. The number of hydrogen-bond acceptors (Lipinski definition) is 3. The lowest BCUT2D eigenvalue weighted by molar-refractivity contribution is -0.119. The second-order valence-corrected chi connectivity index (χ2v) is 6.69. The van der Waals surface area contributed by atoms with E-state index < -0.39 is 11.7 Å². The lowest BCUT2D eigenvalue weighted by Crippen LogP contribution is -2.30. The Bertz CT molecular complexity index is 1040.